The molecule has 5 rings (SSSR count). The van der Waals surface area contributed by atoms with Crippen molar-refractivity contribution in [2.45, 2.75) is 51.8 Å². The molecule has 11 heteroatoms. The van der Waals surface area contributed by atoms with Crippen LogP contribution in [0.3, 0.4) is 0 Å². The predicted molar refractivity (Wildman–Crippen MR) is 160 cm³/mol. The summed E-state index contributed by atoms with van der Waals surface area (Å²) in [6.45, 7) is 2.59. The Labute approximate surface area is 248 Å². The minimum absolute atomic E-state index is 0.0454. The Bertz CT molecular complexity index is 1620. The molecule has 0 unspecified atom stereocenters. The molecule has 0 bridgehead atoms. The van der Waals surface area contributed by atoms with E-state index in [4.69, 9.17) is 22.1 Å². The van der Waals surface area contributed by atoms with Crippen molar-refractivity contribution < 1.29 is 14.6 Å². The second-order valence-corrected chi connectivity index (χ2v) is 10.4. The summed E-state index contributed by atoms with van der Waals surface area (Å²) in [5, 5.41) is 24.3. The number of H-pyrrole nitrogens is 1. The number of aromatic nitrogens is 6. The van der Waals surface area contributed by atoms with Crippen molar-refractivity contribution in [1.29, 1.82) is 0 Å². The molecular weight excluding hydrogens is 554 g/mol. The SMILES string of the molecule is CCCCc1nc(Cl)c(COC(=O)[C@@H](N)Cc2ccc(O)cc2)n1Cc1ccc(-c2ccccc2-c2nn[nH]n2)cc1. The number of imidazole rings is 1. The standard InChI is InChI=1S/C31H32ClN7O3/c1-2-3-8-28-34-29(32)27(19-42-31(41)26(33)17-20-11-15-23(40)16-12-20)39(28)18-21-9-13-22(14-10-21)24-6-4-5-7-25(24)30-35-37-38-36-30/h4-7,9-16,26,40H,2-3,8,17-19,33H2,1H3,(H,35,36,37,38)/t26-/m0/s1. The first-order chi connectivity index (χ1) is 20.4. The molecule has 0 aliphatic rings. The number of aromatic amines is 1. The second-order valence-electron chi connectivity index (χ2n) is 10.0. The highest BCUT2D eigenvalue weighted by Gasteiger charge is 2.21. The normalized spacial score (nSPS) is 11.9. The molecule has 216 valence electrons. The molecule has 0 saturated heterocycles. The van der Waals surface area contributed by atoms with E-state index in [1.54, 1.807) is 24.3 Å². The average Bonchev–Trinajstić information content (AvgIpc) is 3.64. The fourth-order valence-corrected chi connectivity index (χ4v) is 5.00. The van der Waals surface area contributed by atoms with Gasteiger partial charge in [-0.25, -0.2) is 4.98 Å². The van der Waals surface area contributed by atoms with Crippen molar-refractivity contribution in [3.05, 3.63) is 101 Å². The van der Waals surface area contributed by atoms with Gasteiger partial charge in [0.05, 0.1) is 5.69 Å². The first-order valence-corrected chi connectivity index (χ1v) is 14.2. The zero-order valence-electron chi connectivity index (χ0n) is 23.2. The van der Waals surface area contributed by atoms with Gasteiger partial charge in [0.25, 0.3) is 0 Å². The highest BCUT2D eigenvalue weighted by atomic mass is 35.5. The molecule has 3 aromatic carbocycles. The number of hydrogen-bond acceptors (Lipinski definition) is 8. The Morgan fingerprint density at radius 2 is 1.76 bits per heavy atom. The minimum atomic E-state index is -0.855. The second kappa shape index (κ2) is 13.4. The van der Waals surface area contributed by atoms with Crippen molar-refractivity contribution in [1.82, 2.24) is 30.2 Å². The van der Waals surface area contributed by atoms with Gasteiger partial charge in [0.1, 0.15) is 24.2 Å². The van der Waals surface area contributed by atoms with Crippen LogP contribution in [-0.4, -0.2) is 47.3 Å². The molecule has 0 aliphatic carbocycles. The number of hydrogen-bond donors (Lipinski definition) is 3. The molecule has 2 aromatic heterocycles. The van der Waals surface area contributed by atoms with E-state index in [0.29, 0.717) is 23.2 Å². The summed E-state index contributed by atoms with van der Waals surface area (Å²) in [4.78, 5) is 17.4. The highest BCUT2D eigenvalue weighted by Crippen LogP contribution is 2.30. The van der Waals surface area contributed by atoms with Gasteiger partial charge in [-0.05, 0) is 52.4 Å². The summed E-state index contributed by atoms with van der Waals surface area (Å²) in [5.41, 5.74) is 11.5. The monoisotopic (exact) mass is 585 g/mol. The molecule has 2 heterocycles. The molecule has 1 atom stereocenters. The van der Waals surface area contributed by atoms with Crippen LogP contribution in [-0.2, 0) is 35.5 Å². The van der Waals surface area contributed by atoms with Crippen molar-refractivity contribution in [3.63, 3.8) is 0 Å². The summed E-state index contributed by atoms with van der Waals surface area (Å²) in [6, 6.07) is 21.9. The first-order valence-electron chi connectivity index (χ1n) is 13.8. The number of tetrazole rings is 1. The van der Waals surface area contributed by atoms with E-state index in [9.17, 15) is 9.90 Å². The van der Waals surface area contributed by atoms with Crippen LogP contribution in [0.2, 0.25) is 5.15 Å². The van der Waals surface area contributed by atoms with Crippen LogP contribution in [0, 0.1) is 0 Å². The van der Waals surface area contributed by atoms with Gasteiger partial charge < -0.3 is 20.1 Å². The lowest BCUT2D eigenvalue weighted by molar-refractivity contribution is -0.146. The van der Waals surface area contributed by atoms with E-state index in [0.717, 1.165) is 52.9 Å². The molecule has 42 heavy (non-hydrogen) atoms. The van der Waals surface area contributed by atoms with Crippen LogP contribution < -0.4 is 5.73 Å². The Hall–Kier alpha value is -4.54. The summed E-state index contributed by atoms with van der Waals surface area (Å²) < 4.78 is 7.64. The average molecular weight is 586 g/mol. The lowest BCUT2D eigenvalue weighted by Crippen LogP contribution is -2.34. The van der Waals surface area contributed by atoms with Crippen LogP contribution in [0.25, 0.3) is 22.5 Å². The van der Waals surface area contributed by atoms with Gasteiger partial charge >= 0.3 is 5.97 Å². The third-order valence-corrected chi connectivity index (χ3v) is 7.32. The molecule has 0 fully saturated rings. The molecule has 4 N–H and O–H groups in total. The number of rotatable bonds is 12. The van der Waals surface area contributed by atoms with Crippen LogP contribution in [0.5, 0.6) is 5.75 Å². The molecule has 0 spiro atoms. The third-order valence-electron chi connectivity index (χ3n) is 7.02. The maximum atomic E-state index is 12.7. The maximum absolute atomic E-state index is 12.7. The van der Waals surface area contributed by atoms with Crippen LogP contribution in [0.15, 0.2) is 72.8 Å². The fourth-order valence-electron chi connectivity index (χ4n) is 4.75. The summed E-state index contributed by atoms with van der Waals surface area (Å²) in [6.07, 6.45) is 3.00. The molecule has 0 radical (unpaired) electrons. The molecular formula is C31H32ClN7O3. The highest BCUT2D eigenvalue weighted by molar-refractivity contribution is 6.30. The van der Waals surface area contributed by atoms with E-state index in [-0.39, 0.29) is 18.8 Å². The molecule has 0 aliphatic heterocycles. The number of halogens is 1. The Morgan fingerprint density at radius 1 is 1.05 bits per heavy atom. The van der Waals surface area contributed by atoms with Gasteiger partial charge in [-0.1, -0.05) is 85.6 Å². The number of carbonyl (C=O) groups is 1. The van der Waals surface area contributed by atoms with E-state index in [1.165, 1.54) is 0 Å². The Morgan fingerprint density at radius 3 is 2.45 bits per heavy atom. The third kappa shape index (κ3) is 6.84. The van der Waals surface area contributed by atoms with Crippen LogP contribution in [0.4, 0.5) is 0 Å². The number of benzene rings is 3. The fraction of sp³-hybridized carbons (Fsp3) is 0.258. The van der Waals surface area contributed by atoms with E-state index in [1.807, 2.05) is 28.8 Å². The number of unbranched alkanes of at least 4 members (excludes halogenated alkanes) is 1. The number of esters is 1. The minimum Gasteiger partial charge on any atom is -0.508 e. The van der Waals surface area contributed by atoms with Crippen LogP contribution >= 0.6 is 11.6 Å². The van der Waals surface area contributed by atoms with Crippen molar-refractivity contribution >= 4 is 17.6 Å². The zero-order valence-corrected chi connectivity index (χ0v) is 24.0. The van der Waals surface area contributed by atoms with Crippen molar-refractivity contribution in [3.8, 4) is 28.3 Å². The zero-order chi connectivity index (χ0) is 29.5. The van der Waals surface area contributed by atoms with Gasteiger partial charge in [-0.3, -0.25) is 4.79 Å². The largest absolute Gasteiger partial charge is 0.508 e. The van der Waals surface area contributed by atoms with Crippen molar-refractivity contribution in [2.24, 2.45) is 5.73 Å². The summed E-state index contributed by atoms with van der Waals surface area (Å²) >= 11 is 6.58. The number of nitrogens with one attached hydrogen (secondary N) is 1. The van der Waals surface area contributed by atoms with Crippen molar-refractivity contribution in [2.75, 3.05) is 0 Å². The van der Waals surface area contributed by atoms with Gasteiger partial charge in [-0.15, -0.1) is 10.2 Å². The summed E-state index contributed by atoms with van der Waals surface area (Å²) in [5.74, 6) is 0.990. The lowest BCUT2D eigenvalue weighted by Gasteiger charge is -2.15. The molecule has 10 nitrogen and oxygen atoms in total. The number of aromatic hydroxyl groups is 1. The first kappa shape index (κ1) is 29.0. The van der Waals surface area contributed by atoms with Gasteiger partial charge in [0, 0.05) is 18.5 Å². The van der Waals surface area contributed by atoms with Gasteiger partial charge in [0.2, 0.25) is 5.82 Å². The number of ether oxygens (including phenoxy) is 1. The number of phenols is 1. The van der Waals surface area contributed by atoms with E-state index < -0.39 is 12.0 Å². The number of carbonyl (C=O) groups excluding carboxylic acids is 1. The van der Waals surface area contributed by atoms with Gasteiger partial charge in [0.15, 0.2) is 5.15 Å². The van der Waals surface area contributed by atoms with Gasteiger partial charge in [-0.2, -0.15) is 5.21 Å². The number of aryl methyl sites for hydroxylation is 1. The molecule has 0 amide bonds. The topological polar surface area (TPSA) is 145 Å². The lowest BCUT2D eigenvalue weighted by atomic mass is 9.98. The quantitative estimate of drug-likeness (QED) is 0.172. The Balaban J connectivity index is 1.33. The molecule has 5 aromatic rings. The van der Waals surface area contributed by atoms with E-state index >= 15 is 0 Å². The Kier molecular flexibility index (Phi) is 9.25. The number of nitrogens with two attached hydrogens (primary N) is 1. The summed E-state index contributed by atoms with van der Waals surface area (Å²) in [7, 11) is 0. The number of phenolic OH excluding ortho intramolecular Hbond substituents is 1. The smallest absolute Gasteiger partial charge is 0.323 e. The molecule has 0 saturated carbocycles. The maximum Gasteiger partial charge on any atom is 0.323 e. The number of nitrogens with zero attached hydrogens (tertiary/aromatic N) is 5. The van der Waals surface area contributed by atoms with Crippen LogP contribution in [0.1, 0.15) is 42.4 Å². The van der Waals surface area contributed by atoms with E-state index in [2.05, 4.69) is 56.8 Å². The predicted octanol–water partition coefficient (Wildman–Crippen LogP) is 5.09.